The van der Waals surface area contributed by atoms with Crippen LogP contribution in [0.25, 0.3) is 5.69 Å². The number of rotatable bonds is 5. The first-order chi connectivity index (χ1) is 12.5. The standard InChI is InChI=1S/C20H26ClFN4/c1-13-17(12-20(7-8-20)24-15-5-9-23-10-6-15)14(2)26(25-13)16-3-4-19(22)18(21)11-16/h3-4,11,15,23-24H,5-10,12H2,1-2H3. The molecule has 2 N–H and O–H groups in total. The molecule has 0 bridgehead atoms. The summed E-state index contributed by atoms with van der Waals surface area (Å²) in [6, 6.07) is 5.38. The van der Waals surface area contributed by atoms with Crippen molar-refractivity contribution in [3.63, 3.8) is 0 Å². The fourth-order valence-corrected chi connectivity index (χ4v) is 4.23. The Labute approximate surface area is 159 Å². The van der Waals surface area contributed by atoms with Gasteiger partial charge in [0.15, 0.2) is 0 Å². The Hall–Kier alpha value is -1.43. The minimum absolute atomic E-state index is 0.128. The van der Waals surface area contributed by atoms with Crippen LogP contribution in [0.1, 0.15) is 42.6 Å². The van der Waals surface area contributed by atoms with E-state index in [-0.39, 0.29) is 10.6 Å². The number of aryl methyl sites for hydroxylation is 1. The van der Waals surface area contributed by atoms with E-state index >= 15 is 0 Å². The first kappa shape index (κ1) is 18.0. The Morgan fingerprint density at radius 2 is 2.04 bits per heavy atom. The lowest BCUT2D eigenvalue weighted by Gasteiger charge is -2.29. The van der Waals surface area contributed by atoms with Crippen LogP contribution in [0.3, 0.4) is 0 Å². The molecule has 1 saturated carbocycles. The number of halogens is 2. The molecule has 1 saturated heterocycles. The van der Waals surface area contributed by atoms with Gasteiger partial charge in [0.1, 0.15) is 5.82 Å². The molecule has 0 amide bonds. The van der Waals surface area contributed by atoms with Crippen LogP contribution in [0.4, 0.5) is 4.39 Å². The fourth-order valence-electron chi connectivity index (χ4n) is 4.06. The monoisotopic (exact) mass is 376 g/mol. The van der Waals surface area contributed by atoms with E-state index in [1.54, 1.807) is 12.1 Å². The average Bonchev–Trinajstić information content (AvgIpc) is 3.33. The Balaban J connectivity index is 1.55. The Morgan fingerprint density at radius 1 is 1.31 bits per heavy atom. The van der Waals surface area contributed by atoms with E-state index in [4.69, 9.17) is 16.7 Å². The van der Waals surface area contributed by atoms with Crippen molar-refractivity contribution in [1.82, 2.24) is 20.4 Å². The van der Waals surface area contributed by atoms with Gasteiger partial charge in [-0.2, -0.15) is 5.10 Å². The topological polar surface area (TPSA) is 41.9 Å². The molecule has 1 aromatic carbocycles. The molecule has 0 atom stereocenters. The first-order valence-corrected chi connectivity index (χ1v) is 9.84. The van der Waals surface area contributed by atoms with Crippen LogP contribution in [0.5, 0.6) is 0 Å². The molecule has 2 aromatic rings. The summed E-state index contributed by atoms with van der Waals surface area (Å²) in [5.41, 5.74) is 4.49. The van der Waals surface area contributed by atoms with E-state index in [2.05, 4.69) is 24.5 Å². The second-order valence-corrected chi connectivity index (χ2v) is 8.19. The Morgan fingerprint density at radius 3 is 2.69 bits per heavy atom. The predicted octanol–water partition coefficient (Wildman–Crippen LogP) is 3.70. The van der Waals surface area contributed by atoms with Crippen LogP contribution < -0.4 is 10.6 Å². The van der Waals surface area contributed by atoms with Crippen molar-refractivity contribution in [3.8, 4) is 5.69 Å². The minimum Gasteiger partial charge on any atom is -0.317 e. The quantitative estimate of drug-likeness (QED) is 0.836. The number of benzene rings is 1. The minimum atomic E-state index is -0.403. The number of hydrogen-bond donors (Lipinski definition) is 2. The second kappa shape index (κ2) is 6.95. The molecule has 0 radical (unpaired) electrons. The van der Waals surface area contributed by atoms with Crippen molar-refractivity contribution in [1.29, 1.82) is 0 Å². The molecule has 0 unspecified atom stereocenters. The van der Waals surface area contributed by atoms with E-state index in [1.165, 1.54) is 37.3 Å². The molecule has 4 nitrogen and oxygen atoms in total. The van der Waals surface area contributed by atoms with Crippen molar-refractivity contribution in [2.45, 2.75) is 57.5 Å². The number of nitrogens with one attached hydrogen (secondary N) is 2. The van der Waals surface area contributed by atoms with Gasteiger partial charge in [-0.3, -0.25) is 0 Å². The summed E-state index contributed by atoms with van der Waals surface area (Å²) in [5.74, 6) is -0.403. The van der Waals surface area contributed by atoms with Crippen LogP contribution in [-0.2, 0) is 6.42 Å². The highest BCUT2D eigenvalue weighted by Crippen LogP contribution is 2.41. The van der Waals surface area contributed by atoms with E-state index in [0.717, 1.165) is 36.6 Å². The number of hydrogen-bond acceptors (Lipinski definition) is 3. The van der Waals surface area contributed by atoms with E-state index < -0.39 is 5.82 Å². The first-order valence-electron chi connectivity index (χ1n) is 9.46. The lowest BCUT2D eigenvalue weighted by atomic mass is 9.99. The van der Waals surface area contributed by atoms with E-state index in [1.807, 2.05) is 4.68 Å². The predicted molar refractivity (Wildman–Crippen MR) is 103 cm³/mol. The molecular weight excluding hydrogens is 351 g/mol. The zero-order valence-corrected chi connectivity index (χ0v) is 16.2. The summed E-state index contributed by atoms with van der Waals surface area (Å²) < 4.78 is 15.4. The largest absolute Gasteiger partial charge is 0.317 e. The van der Waals surface area contributed by atoms with Crippen molar-refractivity contribution in [2.75, 3.05) is 13.1 Å². The summed E-state index contributed by atoms with van der Waals surface area (Å²) in [5, 5.41) is 12.2. The van der Waals surface area contributed by atoms with Gasteiger partial charge in [-0.05, 0) is 82.8 Å². The van der Waals surface area contributed by atoms with Crippen LogP contribution >= 0.6 is 11.6 Å². The summed E-state index contributed by atoms with van der Waals surface area (Å²) >= 11 is 5.96. The Kier molecular flexibility index (Phi) is 4.80. The second-order valence-electron chi connectivity index (χ2n) is 7.79. The lowest BCUT2D eigenvalue weighted by Crippen LogP contribution is -2.47. The summed E-state index contributed by atoms with van der Waals surface area (Å²) in [6.07, 6.45) is 5.86. The van der Waals surface area contributed by atoms with E-state index in [9.17, 15) is 4.39 Å². The van der Waals surface area contributed by atoms with Gasteiger partial charge >= 0.3 is 0 Å². The molecule has 1 aliphatic heterocycles. The zero-order valence-electron chi connectivity index (χ0n) is 15.4. The molecule has 2 fully saturated rings. The summed E-state index contributed by atoms with van der Waals surface area (Å²) in [6.45, 7) is 6.36. The number of nitrogens with zero attached hydrogens (tertiary/aromatic N) is 2. The highest BCUT2D eigenvalue weighted by molar-refractivity contribution is 6.30. The highest BCUT2D eigenvalue weighted by atomic mass is 35.5. The molecule has 4 rings (SSSR count). The fraction of sp³-hybridized carbons (Fsp3) is 0.550. The van der Waals surface area contributed by atoms with Crippen molar-refractivity contribution < 1.29 is 4.39 Å². The van der Waals surface area contributed by atoms with Crippen molar-refractivity contribution >= 4 is 11.6 Å². The molecule has 6 heteroatoms. The van der Waals surface area contributed by atoms with Crippen LogP contribution in [0.2, 0.25) is 5.02 Å². The molecule has 26 heavy (non-hydrogen) atoms. The van der Waals surface area contributed by atoms with Gasteiger partial charge in [-0.15, -0.1) is 0 Å². The van der Waals surface area contributed by atoms with Crippen molar-refractivity contribution in [2.24, 2.45) is 0 Å². The lowest BCUT2D eigenvalue weighted by molar-refractivity contribution is 0.334. The molecule has 2 aliphatic rings. The van der Waals surface area contributed by atoms with Gasteiger partial charge in [-0.1, -0.05) is 11.6 Å². The van der Waals surface area contributed by atoms with Gasteiger partial charge in [-0.25, -0.2) is 9.07 Å². The summed E-state index contributed by atoms with van der Waals surface area (Å²) in [4.78, 5) is 0. The third-order valence-electron chi connectivity index (χ3n) is 5.81. The Bertz CT molecular complexity index is 806. The smallest absolute Gasteiger partial charge is 0.141 e. The summed E-state index contributed by atoms with van der Waals surface area (Å²) in [7, 11) is 0. The highest BCUT2D eigenvalue weighted by Gasteiger charge is 2.44. The number of piperidine rings is 1. The number of aromatic nitrogens is 2. The van der Waals surface area contributed by atoms with E-state index in [0.29, 0.717) is 6.04 Å². The molecule has 2 heterocycles. The maximum atomic E-state index is 13.5. The molecule has 1 aromatic heterocycles. The van der Waals surface area contributed by atoms with Gasteiger partial charge in [0.05, 0.1) is 16.4 Å². The average molecular weight is 377 g/mol. The SMILES string of the molecule is Cc1nn(-c2ccc(F)c(Cl)c2)c(C)c1CC1(NC2CCNCC2)CC1. The van der Waals surface area contributed by atoms with Gasteiger partial charge in [0, 0.05) is 17.3 Å². The molecule has 1 aliphatic carbocycles. The maximum Gasteiger partial charge on any atom is 0.141 e. The van der Waals surface area contributed by atoms with Crippen LogP contribution in [0.15, 0.2) is 18.2 Å². The molecule has 140 valence electrons. The van der Waals surface area contributed by atoms with Crippen LogP contribution in [-0.4, -0.2) is 34.5 Å². The molecule has 0 spiro atoms. The van der Waals surface area contributed by atoms with Crippen LogP contribution in [0, 0.1) is 19.7 Å². The van der Waals surface area contributed by atoms with Gasteiger partial charge < -0.3 is 10.6 Å². The maximum absolute atomic E-state index is 13.5. The normalized spacial score (nSPS) is 19.7. The third-order valence-corrected chi connectivity index (χ3v) is 6.10. The third kappa shape index (κ3) is 3.53. The van der Waals surface area contributed by atoms with Gasteiger partial charge in [0.2, 0.25) is 0 Å². The van der Waals surface area contributed by atoms with Gasteiger partial charge in [0.25, 0.3) is 0 Å². The molecular formula is C20H26ClFN4. The van der Waals surface area contributed by atoms with Crippen molar-refractivity contribution in [3.05, 3.63) is 46.0 Å². The zero-order chi connectivity index (χ0) is 18.3.